The molecule has 4 nitrogen and oxygen atoms in total. The summed E-state index contributed by atoms with van der Waals surface area (Å²) in [6.45, 7) is 6.92. The third-order valence-electron chi connectivity index (χ3n) is 2.48. The molecule has 0 bridgehead atoms. The maximum absolute atomic E-state index is 6.92. The van der Waals surface area contributed by atoms with E-state index in [9.17, 15) is 0 Å². The van der Waals surface area contributed by atoms with Crippen molar-refractivity contribution in [2.24, 2.45) is 0 Å². The molecule has 0 unspecified atom stereocenters. The van der Waals surface area contributed by atoms with Gasteiger partial charge < -0.3 is 15.2 Å². The third-order valence-corrected chi connectivity index (χ3v) is 2.78. The molecule has 0 aliphatic carbocycles. The summed E-state index contributed by atoms with van der Waals surface area (Å²) in [5.74, 6) is 1.71. The minimum atomic E-state index is 0.356. The van der Waals surface area contributed by atoms with Gasteiger partial charge in [0, 0.05) is 6.07 Å². The van der Waals surface area contributed by atoms with E-state index in [4.69, 9.17) is 33.4 Å². The molecular weight excluding hydrogens is 264 g/mol. The maximum atomic E-state index is 6.92. The molecule has 96 valence electrons. The van der Waals surface area contributed by atoms with Gasteiger partial charge in [-0.2, -0.15) is 0 Å². The average molecular weight is 275 g/mol. The van der Waals surface area contributed by atoms with Crippen LogP contribution in [0.5, 0.6) is 17.2 Å². The van der Waals surface area contributed by atoms with Crippen LogP contribution in [0, 0.1) is 6.57 Å². The SMILES string of the molecule is [C-]#[N+]c1ccc(Oc2ccc(OC)c(N)c2)cc1Cl. The largest absolute Gasteiger partial charge is 0.495 e. The predicted octanol–water partition coefficient (Wildman–Crippen LogP) is 4.27. The molecule has 2 aromatic rings. The normalized spacial score (nSPS) is 9.74. The Bertz CT molecular complexity index is 650. The zero-order valence-corrected chi connectivity index (χ0v) is 10.9. The molecule has 2 aromatic carbocycles. The van der Waals surface area contributed by atoms with Crippen molar-refractivity contribution in [3.63, 3.8) is 0 Å². The van der Waals surface area contributed by atoms with Gasteiger partial charge in [-0.3, -0.25) is 0 Å². The molecule has 0 aromatic heterocycles. The first-order chi connectivity index (χ1) is 9.13. The van der Waals surface area contributed by atoms with Gasteiger partial charge in [0.15, 0.2) is 0 Å². The van der Waals surface area contributed by atoms with Gasteiger partial charge in [0.25, 0.3) is 0 Å². The smallest absolute Gasteiger partial charge is 0.205 e. The molecule has 0 spiro atoms. The van der Waals surface area contributed by atoms with Gasteiger partial charge in [0.05, 0.1) is 24.4 Å². The molecular formula is C14H11ClN2O2. The first-order valence-electron chi connectivity index (χ1n) is 5.42. The van der Waals surface area contributed by atoms with Crippen molar-refractivity contribution in [1.82, 2.24) is 0 Å². The van der Waals surface area contributed by atoms with Gasteiger partial charge >= 0.3 is 0 Å². The van der Waals surface area contributed by atoms with Crippen molar-refractivity contribution in [2.75, 3.05) is 12.8 Å². The Morgan fingerprint density at radius 3 is 2.42 bits per heavy atom. The number of hydrogen-bond donors (Lipinski definition) is 1. The van der Waals surface area contributed by atoms with Gasteiger partial charge in [0.1, 0.15) is 17.2 Å². The van der Waals surface area contributed by atoms with Crippen molar-refractivity contribution >= 4 is 23.0 Å². The van der Waals surface area contributed by atoms with Crippen LogP contribution in [0.2, 0.25) is 5.02 Å². The molecule has 0 saturated heterocycles. The lowest BCUT2D eigenvalue weighted by Crippen LogP contribution is -1.93. The summed E-state index contributed by atoms with van der Waals surface area (Å²) in [7, 11) is 1.55. The van der Waals surface area contributed by atoms with Gasteiger partial charge in [-0.1, -0.05) is 17.7 Å². The molecule has 19 heavy (non-hydrogen) atoms. The second-order valence-electron chi connectivity index (χ2n) is 3.73. The monoisotopic (exact) mass is 274 g/mol. The van der Waals surface area contributed by atoms with Crippen molar-refractivity contribution in [3.8, 4) is 17.2 Å². The number of anilines is 1. The highest BCUT2D eigenvalue weighted by atomic mass is 35.5. The van der Waals surface area contributed by atoms with E-state index in [2.05, 4.69) is 4.85 Å². The molecule has 0 saturated carbocycles. The highest BCUT2D eigenvalue weighted by Crippen LogP contribution is 2.33. The Hall–Kier alpha value is -2.38. The third kappa shape index (κ3) is 2.90. The molecule has 0 amide bonds. The second kappa shape index (κ2) is 5.51. The van der Waals surface area contributed by atoms with Crippen LogP contribution >= 0.6 is 11.6 Å². The van der Waals surface area contributed by atoms with Crippen molar-refractivity contribution in [1.29, 1.82) is 0 Å². The topological polar surface area (TPSA) is 48.8 Å². The zero-order chi connectivity index (χ0) is 13.8. The zero-order valence-electron chi connectivity index (χ0n) is 10.2. The van der Waals surface area contributed by atoms with E-state index in [0.29, 0.717) is 33.6 Å². The Kier molecular flexibility index (Phi) is 3.79. The summed E-state index contributed by atoms with van der Waals surface area (Å²) in [4.78, 5) is 3.28. The lowest BCUT2D eigenvalue weighted by molar-refractivity contribution is 0.415. The maximum Gasteiger partial charge on any atom is 0.205 e. The number of halogens is 1. The lowest BCUT2D eigenvalue weighted by Gasteiger charge is -2.09. The minimum Gasteiger partial charge on any atom is -0.495 e. The van der Waals surface area contributed by atoms with Crippen molar-refractivity contribution in [3.05, 3.63) is 52.8 Å². The number of methoxy groups -OCH3 is 1. The fourth-order valence-electron chi connectivity index (χ4n) is 1.55. The highest BCUT2D eigenvalue weighted by molar-refractivity contribution is 6.33. The highest BCUT2D eigenvalue weighted by Gasteiger charge is 2.05. The molecule has 0 aliphatic rings. The Balaban J connectivity index is 2.24. The van der Waals surface area contributed by atoms with E-state index in [1.165, 1.54) is 0 Å². The fraction of sp³-hybridized carbons (Fsp3) is 0.0714. The summed E-state index contributed by atoms with van der Waals surface area (Å²) in [5.41, 5.74) is 6.67. The molecule has 5 heteroatoms. The molecule has 0 fully saturated rings. The average Bonchev–Trinajstić information content (AvgIpc) is 2.39. The number of nitrogens with zero attached hydrogens (tertiary/aromatic N) is 1. The van der Waals surface area contributed by atoms with Crippen molar-refractivity contribution in [2.45, 2.75) is 0 Å². The quantitative estimate of drug-likeness (QED) is 0.671. The van der Waals surface area contributed by atoms with Crippen LogP contribution in [0.3, 0.4) is 0 Å². The summed E-state index contributed by atoms with van der Waals surface area (Å²) in [6.07, 6.45) is 0. The first kappa shape index (κ1) is 13.1. The second-order valence-corrected chi connectivity index (χ2v) is 4.14. The van der Waals surface area contributed by atoms with Gasteiger partial charge in [0.2, 0.25) is 5.69 Å². The van der Waals surface area contributed by atoms with Crippen LogP contribution in [0.1, 0.15) is 0 Å². The number of ether oxygens (including phenoxy) is 2. The number of nitrogen functional groups attached to an aromatic ring is 1. The number of nitrogens with two attached hydrogens (primary N) is 1. The minimum absolute atomic E-state index is 0.356. The van der Waals surface area contributed by atoms with E-state index in [1.807, 2.05) is 0 Å². The molecule has 0 atom stereocenters. The predicted molar refractivity (Wildman–Crippen MR) is 75.2 cm³/mol. The molecule has 2 rings (SSSR count). The fourth-order valence-corrected chi connectivity index (χ4v) is 1.77. The van der Waals surface area contributed by atoms with Crippen molar-refractivity contribution < 1.29 is 9.47 Å². The summed E-state index contributed by atoms with van der Waals surface area (Å²) >= 11 is 5.94. The van der Waals surface area contributed by atoms with E-state index in [1.54, 1.807) is 43.5 Å². The number of hydrogen-bond acceptors (Lipinski definition) is 3. The summed E-state index contributed by atoms with van der Waals surface area (Å²) in [6, 6.07) is 10.0. The standard InChI is InChI=1S/C14H11ClN2O2/c1-17-13-5-3-9(7-11(13)15)19-10-4-6-14(18-2)12(16)8-10/h3-8H,16H2,2H3. The van der Waals surface area contributed by atoms with Gasteiger partial charge in [-0.25, -0.2) is 4.85 Å². The van der Waals surface area contributed by atoms with E-state index in [0.717, 1.165) is 0 Å². The summed E-state index contributed by atoms with van der Waals surface area (Å²) in [5, 5.41) is 0.356. The van der Waals surface area contributed by atoms with Crippen LogP contribution in [-0.2, 0) is 0 Å². The Labute approximate surface area is 116 Å². The molecule has 2 N–H and O–H groups in total. The Morgan fingerprint density at radius 2 is 1.84 bits per heavy atom. The van der Waals surface area contributed by atoms with Crippen LogP contribution in [0.25, 0.3) is 4.85 Å². The summed E-state index contributed by atoms with van der Waals surface area (Å²) < 4.78 is 10.7. The molecule has 0 radical (unpaired) electrons. The lowest BCUT2D eigenvalue weighted by atomic mass is 10.2. The Morgan fingerprint density at radius 1 is 1.16 bits per heavy atom. The molecule has 0 aliphatic heterocycles. The molecule has 0 heterocycles. The first-order valence-corrected chi connectivity index (χ1v) is 5.80. The van der Waals surface area contributed by atoms with E-state index < -0.39 is 0 Å². The van der Waals surface area contributed by atoms with Gasteiger partial charge in [-0.15, -0.1) is 0 Å². The number of benzene rings is 2. The van der Waals surface area contributed by atoms with Gasteiger partial charge in [-0.05, 0) is 24.3 Å². The van der Waals surface area contributed by atoms with E-state index in [-0.39, 0.29) is 0 Å². The van der Waals surface area contributed by atoms with Crippen LogP contribution in [-0.4, -0.2) is 7.11 Å². The van der Waals surface area contributed by atoms with Crippen LogP contribution in [0.15, 0.2) is 36.4 Å². The number of rotatable bonds is 3. The van der Waals surface area contributed by atoms with Crippen LogP contribution in [0.4, 0.5) is 11.4 Å². The van der Waals surface area contributed by atoms with E-state index >= 15 is 0 Å². The van der Waals surface area contributed by atoms with Crippen LogP contribution < -0.4 is 15.2 Å².